The Hall–Kier alpha value is -2.48. The summed E-state index contributed by atoms with van der Waals surface area (Å²) in [5, 5.41) is 6.19. The van der Waals surface area contributed by atoms with Gasteiger partial charge in [0.1, 0.15) is 5.75 Å². The molecule has 3 aromatic carbocycles. The zero-order valence-electron chi connectivity index (χ0n) is 13.0. The molecule has 2 nitrogen and oxygen atoms in total. The molecule has 2 heteroatoms. The summed E-state index contributed by atoms with van der Waals surface area (Å²) in [6.45, 7) is 2.21. The van der Waals surface area contributed by atoms with Gasteiger partial charge in [0, 0.05) is 11.7 Å². The average molecular weight is 291 g/mol. The van der Waals surface area contributed by atoms with Crippen molar-refractivity contribution in [1.29, 1.82) is 0 Å². The van der Waals surface area contributed by atoms with Crippen LogP contribution in [-0.4, -0.2) is 13.2 Å². The van der Waals surface area contributed by atoms with Crippen LogP contribution in [0.25, 0.3) is 10.8 Å². The van der Waals surface area contributed by atoms with E-state index in [2.05, 4.69) is 66.8 Å². The van der Waals surface area contributed by atoms with Crippen molar-refractivity contribution in [3.05, 3.63) is 72.3 Å². The van der Waals surface area contributed by atoms with Gasteiger partial charge in [-0.25, -0.2) is 0 Å². The van der Waals surface area contributed by atoms with Crippen molar-refractivity contribution in [2.75, 3.05) is 12.4 Å². The Morgan fingerprint density at radius 3 is 2.41 bits per heavy atom. The molecule has 0 amide bonds. The van der Waals surface area contributed by atoms with Gasteiger partial charge < -0.3 is 10.1 Å². The van der Waals surface area contributed by atoms with Crippen LogP contribution in [0.4, 0.5) is 5.69 Å². The third-order valence-corrected chi connectivity index (χ3v) is 3.91. The zero-order valence-corrected chi connectivity index (χ0v) is 13.0. The monoisotopic (exact) mass is 291 g/mol. The van der Waals surface area contributed by atoms with Crippen LogP contribution < -0.4 is 10.1 Å². The van der Waals surface area contributed by atoms with Gasteiger partial charge in [-0.15, -0.1) is 0 Å². The van der Waals surface area contributed by atoms with E-state index in [1.54, 1.807) is 7.11 Å². The minimum Gasteiger partial charge on any atom is -0.497 e. The van der Waals surface area contributed by atoms with Gasteiger partial charge in [-0.05, 0) is 53.9 Å². The Morgan fingerprint density at radius 1 is 0.909 bits per heavy atom. The maximum atomic E-state index is 5.19. The first kappa shape index (κ1) is 14.5. The highest BCUT2D eigenvalue weighted by atomic mass is 16.5. The minimum absolute atomic E-state index is 0.360. The lowest BCUT2D eigenvalue weighted by Crippen LogP contribution is -2.18. The van der Waals surface area contributed by atoms with Gasteiger partial charge in [-0.3, -0.25) is 0 Å². The van der Waals surface area contributed by atoms with Crippen LogP contribution in [0.2, 0.25) is 0 Å². The van der Waals surface area contributed by atoms with Crippen molar-refractivity contribution in [3.63, 3.8) is 0 Å². The first-order valence-electron chi connectivity index (χ1n) is 7.63. The fourth-order valence-electron chi connectivity index (χ4n) is 2.82. The molecule has 0 fully saturated rings. The Labute approximate surface area is 131 Å². The van der Waals surface area contributed by atoms with E-state index in [0.29, 0.717) is 6.04 Å². The molecular formula is C20H21NO. The smallest absolute Gasteiger partial charge is 0.119 e. The van der Waals surface area contributed by atoms with Gasteiger partial charge in [0.05, 0.1) is 7.11 Å². The molecule has 1 unspecified atom stereocenters. The lowest BCUT2D eigenvalue weighted by molar-refractivity contribution is 0.415. The van der Waals surface area contributed by atoms with Crippen LogP contribution in [0.5, 0.6) is 5.75 Å². The molecule has 0 radical (unpaired) electrons. The molecule has 1 atom stereocenters. The second kappa shape index (κ2) is 6.52. The number of methoxy groups -OCH3 is 1. The number of hydrogen-bond acceptors (Lipinski definition) is 2. The average Bonchev–Trinajstić information content (AvgIpc) is 2.56. The summed E-state index contributed by atoms with van der Waals surface area (Å²) in [5.74, 6) is 0.882. The third-order valence-electron chi connectivity index (χ3n) is 3.91. The van der Waals surface area contributed by atoms with Crippen molar-refractivity contribution < 1.29 is 4.74 Å². The molecule has 112 valence electrons. The van der Waals surface area contributed by atoms with Crippen LogP contribution in [0.15, 0.2) is 66.7 Å². The lowest BCUT2D eigenvalue weighted by atomic mass is 9.99. The van der Waals surface area contributed by atoms with Crippen LogP contribution >= 0.6 is 0 Å². The molecule has 3 aromatic rings. The summed E-state index contributed by atoms with van der Waals surface area (Å²) in [4.78, 5) is 0. The first-order valence-corrected chi connectivity index (χ1v) is 7.63. The second-order valence-electron chi connectivity index (χ2n) is 5.62. The van der Waals surface area contributed by atoms with Crippen molar-refractivity contribution in [1.82, 2.24) is 0 Å². The van der Waals surface area contributed by atoms with E-state index in [1.807, 2.05) is 12.1 Å². The molecule has 0 aliphatic heterocycles. The normalized spacial score (nSPS) is 12.1. The number of hydrogen-bond donors (Lipinski definition) is 1. The molecule has 0 aromatic heterocycles. The number of fused-ring (bicyclic) bond motifs is 1. The number of anilines is 1. The van der Waals surface area contributed by atoms with Crippen LogP contribution in [0.3, 0.4) is 0 Å². The largest absolute Gasteiger partial charge is 0.497 e. The van der Waals surface area contributed by atoms with Crippen molar-refractivity contribution >= 4 is 16.5 Å². The lowest BCUT2D eigenvalue weighted by Gasteiger charge is -2.17. The molecular weight excluding hydrogens is 270 g/mol. The summed E-state index contributed by atoms with van der Waals surface area (Å²) in [6, 6.07) is 23.5. The maximum absolute atomic E-state index is 5.19. The fourth-order valence-corrected chi connectivity index (χ4v) is 2.82. The Morgan fingerprint density at radius 2 is 1.64 bits per heavy atom. The summed E-state index contributed by atoms with van der Waals surface area (Å²) < 4.78 is 5.19. The minimum atomic E-state index is 0.360. The van der Waals surface area contributed by atoms with E-state index < -0.39 is 0 Å². The van der Waals surface area contributed by atoms with E-state index in [9.17, 15) is 0 Å². The molecule has 3 rings (SSSR count). The summed E-state index contributed by atoms with van der Waals surface area (Å²) in [5.41, 5.74) is 2.50. The van der Waals surface area contributed by atoms with Crippen molar-refractivity contribution in [3.8, 4) is 5.75 Å². The maximum Gasteiger partial charge on any atom is 0.119 e. The van der Waals surface area contributed by atoms with E-state index >= 15 is 0 Å². The standard InChI is InChI=1S/C20H21NO/c1-15(21-18-10-12-19(22-2)13-11-18)14-17-8-5-7-16-6-3-4-9-20(16)17/h3-13,15,21H,14H2,1-2H3. The van der Waals surface area contributed by atoms with Gasteiger partial charge >= 0.3 is 0 Å². The van der Waals surface area contributed by atoms with Crippen LogP contribution in [-0.2, 0) is 6.42 Å². The highest BCUT2D eigenvalue weighted by Gasteiger charge is 2.07. The Bertz CT molecular complexity index is 744. The molecule has 0 saturated carbocycles. The number of nitrogens with one attached hydrogen (secondary N) is 1. The number of benzene rings is 3. The number of ether oxygens (including phenoxy) is 1. The highest BCUT2D eigenvalue weighted by molar-refractivity contribution is 5.85. The van der Waals surface area contributed by atoms with Crippen LogP contribution in [0.1, 0.15) is 12.5 Å². The molecule has 0 spiro atoms. The van der Waals surface area contributed by atoms with Gasteiger partial charge in [0.2, 0.25) is 0 Å². The van der Waals surface area contributed by atoms with E-state index in [-0.39, 0.29) is 0 Å². The zero-order chi connectivity index (χ0) is 15.4. The Kier molecular flexibility index (Phi) is 4.29. The van der Waals surface area contributed by atoms with Gasteiger partial charge in [0.15, 0.2) is 0 Å². The summed E-state index contributed by atoms with van der Waals surface area (Å²) in [6.07, 6.45) is 0.993. The van der Waals surface area contributed by atoms with Gasteiger partial charge in [0.25, 0.3) is 0 Å². The molecule has 0 aliphatic rings. The van der Waals surface area contributed by atoms with Gasteiger partial charge in [-0.2, -0.15) is 0 Å². The SMILES string of the molecule is COc1ccc(NC(C)Cc2cccc3ccccc23)cc1. The molecule has 0 aliphatic carbocycles. The first-order chi connectivity index (χ1) is 10.8. The summed E-state index contributed by atoms with van der Waals surface area (Å²) >= 11 is 0. The second-order valence-corrected chi connectivity index (χ2v) is 5.62. The van der Waals surface area contributed by atoms with E-state index in [0.717, 1.165) is 17.9 Å². The molecule has 0 bridgehead atoms. The predicted octanol–water partition coefficient (Wildman–Crippen LogP) is 4.89. The molecule has 0 heterocycles. The molecule has 22 heavy (non-hydrogen) atoms. The predicted molar refractivity (Wildman–Crippen MR) is 93.7 cm³/mol. The van der Waals surface area contributed by atoms with Crippen molar-refractivity contribution in [2.24, 2.45) is 0 Å². The quantitative estimate of drug-likeness (QED) is 0.722. The summed E-state index contributed by atoms with van der Waals surface area (Å²) in [7, 11) is 1.69. The molecule has 1 N–H and O–H groups in total. The van der Waals surface area contributed by atoms with Crippen molar-refractivity contribution in [2.45, 2.75) is 19.4 Å². The highest BCUT2D eigenvalue weighted by Crippen LogP contribution is 2.21. The van der Waals surface area contributed by atoms with Gasteiger partial charge in [-0.1, -0.05) is 42.5 Å². The fraction of sp³-hybridized carbons (Fsp3) is 0.200. The van der Waals surface area contributed by atoms with E-state index in [4.69, 9.17) is 4.74 Å². The Balaban J connectivity index is 1.73. The number of rotatable bonds is 5. The van der Waals surface area contributed by atoms with E-state index in [1.165, 1.54) is 16.3 Å². The molecule has 0 saturated heterocycles. The topological polar surface area (TPSA) is 21.3 Å². The third kappa shape index (κ3) is 3.22. The van der Waals surface area contributed by atoms with Crippen LogP contribution in [0, 0.1) is 0 Å².